The summed E-state index contributed by atoms with van der Waals surface area (Å²) in [6, 6.07) is 17.5. The molecule has 162 valence electrons. The Kier molecular flexibility index (Phi) is 6.52. The molecule has 4 aromatic rings. The van der Waals surface area contributed by atoms with Crippen LogP contribution in [-0.4, -0.2) is 36.4 Å². The zero-order valence-corrected chi connectivity index (χ0v) is 18.1. The number of halogens is 1. The molecule has 0 fully saturated rings. The van der Waals surface area contributed by atoms with E-state index >= 15 is 0 Å². The third kappa shape index (κ3) is 5.34. The molecule has 0 aliphatic rings. The Morgan fingerprint density at radius 2 is 1.78 bits per heavy atom. The lowest BCUT2D eigenvalue weighted by Gasteiger charge is -2.10. The molecule has 0 bridgehead atoms. The van der Waals surface area contributed by atoms with Crippen molar-refractivity contribution in [2.24, 2.45) is 0 Å². The maximum atomic E-state index is 12.4. The van der Waals surface area contributed by atoms with E-state index < -0.39 is 11.2 Å². The number of carbonyl (C=O) groups excluding carboxylic acids is 1. The minimum absolute atomic E-state index is 0.114. The summed E-state index contributed by atoms with van der Waals surface area (Å²) in [6.07, 6.45) is 0.158. The van der Waals surface area contributed by atoms with Crippen LogP contribution < -0.4 is 16.6 Å². The van der Waals surface area contributed by atoms with Gasteiger partial charge >= 0.3 is 5.69 Å². The Bertz CT molecular complexity index is 1320. The smallest absolute Gasteiger partial charge is 0.325 e. The van der Waals surface area contributed by atoms with E-state index in [-0.39, 0.29) is 18.1 Å². The van der Waals surface area contributed by atoms with Gasteiger partial charge in [-0.25, -0.2) is 4.79 Å². The maximum Gasteiger partial charge on any atom is 0.325 e. The highest BCUT2D eigenvalue weighted by Gasteiger charge is 2.17. The van der Waals surface area contributed by atoms with E-state index in [2.05, 4.69) is 25.5 Å². The summed E-state index contributed by atoms with van der Waals surface area (Å²) < 4.78 is 1.76. The Labute approximate surface area is 190 Å². The predicted molar refractivity (Wildman–Crippen MR) is 123 cm³/mol. The Morgan fingerprint density at radius 3 is 2.50 bits per heavy atom. The lowest BCUT2D eigenvalue weighted by Crippen LogP contribution is -2.23. The third-order valence-electron chi connectivity index (χ3n) is 4.34. The van der Waals surface area contributed by atoms with E-state index in [1.54, 1.807) is 41.0 Å². The van der Waals surface area contributed by atoms with Crippen LogP contribution in [0.1, 0.15) is 11.5 Å². The number of anilines is 1. The fourth-order valence-corrected chi connectivity index (χ4v) is 3.89. The van der Waals surface area contributed by atoms with E-state index in [1.165, 1.54) is 17.8 Å². The normalized spacial score (nSPS) is 10.8. The first-order valence-electron chi connectivity index (χ1n) is 9.48. The van der Waals surface area contributed by atoms with Gasteiger partial charge in [0.2, 0.25) is 5.91 Å². The van der Waals surface area contributed by atoms with Gasteiger partial charge in [-0.05, 0) is 36.4 Å². The van der Waals surface area contributed by atoms with Gasteiger partial charge in [-0.2, -0.15) is 0 Å². The number of amides is 1. The summed E-state index contributed by atoms with van der Waals surface area (Å²) in [5.74, 6) is 0.412. The Balaban J connectivity index is 1.60. The minimum atomic E-state index is -0.600. The Morgan fingerprint density at radius 1 is 1.03 bits per heavy atom. The van der Waals surface area contributed by atoms with Gasteiger partial charge in [0.05, 0.1) is 5.75 Å². The van der Waals surface area contributed by atoms with Crippen LogP contribution in [-0.2, 0) is 11.2 Å². The van der Waals surface area contributed by atoms with Crippen LogP contribution in [0.3, 0.4) is 0 Å². The van der Waals surface area contributed by atoms with E-state index in [1.807, 2.05) is 18.2 Å². The summed E-state index contributed by atoms with van der Waals surface area (Å²) in [5.41, 5.74) is 0.717. The van der Waals surface area contributed by atoms with Crippen LogP contribution in [0.5, 0.6) is 0 Å². The van der Waals surface area contributed by atoms with Crippen LogP contribution in [0.15, 0.2) is 75.4 Å². The monoisotopic (exact) mass is 468 g/mol. The first kappa shape index (κ1) is 21.6. The largest absolute Gasteiger partial charge is 0.325 e. The number of aromatic amines is 2. The van der Waals surface area contributed by atoms with Gasteiger partial charge in [0.25, 0.3) is 5.56 Å². The van der Waals surface area contributed by atoms with Gasteiger partial charge in [0.1, 0.15) is 5.82 Å². The van der Waals surface area contributed by atoms with Gasteiger partial charge < -0.3 is 10.3 Å². The molecule has 0 aliphatic carbocycles. The number of H-pyrrole nitrogens is 2. The quantitative estimate of drug-likeness (QED) is 0.358. The van der Waals surface area contributed by atoms with Crippen LogP contribution in [0.25, 0.3) is 5.69 Å². The van der Waals surface area contributed by atoms with Gasteiger partial charge in [0, 0.05) is 34.6 Å². The molecule has 0 saturated heterocycles. The second-order valence-electron chi connectivity index (χ2n) is 6.70. The number of nitrogens with one attached hydrogen (secondary N) is 3. The van der Waals surface area contributed by atoms with Crippen molar-refractivity contribution in [3.05, 3.63) is 98.0 Å². The average molecular weight is 469 g/mol. The fourth-order valence-electron chi connectivity index (χ4n) is 2.99. The fraction of sp³-hybridized carbons (Fsp3) is 0.0952. The zero-order valence-electron chi connectivity index (χ0n) is 16.5. The van der Waals surface area contributed by atoms with Crippen LogP contribution in [0.2, 0.25) is 5.02 Å². The molecule has 0 atom stereocenters. The van der Waals surface area contributed by atoms with Gasteiger partial charge in [-0.15, -0.1) is 10.2 Å². The lowest BCUT2D eigenvalue weighted by atomic mass is 10.2. The molecule has 2 heterocycles. The second kappa shape index (κ2) is 9.67. The zero-order chi connectivity index (χ0) is 22.5. The number of aromatic nitrogens is 5. The van der Waals surface area contributed by atoms with Crippen molar-refractivity contribution < 1.29 is 4.79 Å². The van der Waals surface area contributed by atoms with Crippen molar-refractivity contribution in [2.75, 3.05) is 11.1 Å². The molecular formula is C21H17ClN6O3S. The van der Waals surface area contributed by atoms with Gasteiger partial charge in [0.15, 0.2) is 5.16 Å². The number of carbonyl (C=O) groups is 1. The first-order valence-corrected chi connectivity index (χ1v) is 10.8. The molecule has 0 spiro atoms. The molecule has 4 rings (SSSR count). The standard InChI is InChI=1S/C21H17ClN6O3S/c22-13-6-8-16(9-7-13)28-17(10-15-11-18(29)25-20(31)24-15)26-27-21(28)32-12-19(30)23-14-4-2-1-3-5-14/h1-9,11H,10,12H2,(H,23,30)(H2,24,25,29,31). The molecule has 9 nitrogen and oxygen atoms in total. The molecule has 0 radical (unpaired) electrons. The van der Waals surface area contributed by atoms with Crippen molar-refractivity contribution in [2.45, 2.75) is 11.6 Å². The summed E-state index contributed by atoms with van der Waals surface area (Å²) in [7, 11) is 0. The van der Waals surface area contributed by atoms with Crippen molar-refractivity contribution in [1.82, 2.24) is 24.7 Å². The predicted octanol–water partition coefficient (Wildman–Crippen LogP) is 2.62. The maximum absolute atomic E-state index is 12.4. The number of thioether (sulfide) groups is 1. The van der Waals surface area contributed by atoms with Crippen molar-refractivity contribution in [1.29, 1.82) is 0 Å². The van der Waals surface area contributed by atoms with E-state index in [0.717, 1.165) is 5.69 Å². The molecule has 0 saturated carbocycles. The number of rotatable bonds is 7. The SMILES string of the molecule is O=C(CSc1nnc(Cc2cc(=O)[nH]c(=O)[nH]2)n1-c1ccc(Cl)cc1)Nc1ccccc1. The number of hydrogen-bond acceptors (Lipinski definition) is 6. The molecule has 11 heteroatoms. The van der Waals surface area contributed by atoms with Crippen molar-refractivity contribution in [3.8, 4) is 5.69 Å². The molecule has 1 amide bonds. The Hall–Kier alpha value is -3.63. The van der Waals surface area contributed by atoms with Crippen LogP contribution >= 0.6 is 23.4 Å². The molecule has 0 unspecified atom stereocenters. The lowest BCUT2D eigenvalue weighted by molar-refractivity contribution is -0.113. The molecule has 2 aromatic carbocycles. The molecule has 3 N–H and O–H groups in total. The van der Waals surface area contributed by atoms with Gasteiger partial charge in [-0.1, -0.05) is 41.6 Å². The topological polar surface area (TPSA) is 126 Å². The number of hydrogen-bond donors (Lipinski definition) is 3. The van der Waals surface area contributed by atoms with E-state index in [4.69, 9.17) is 11.6 Å². The highest BCUT2D eigenvalue weighted by molar-refractivity contribution is 7.99. The summed E-state index contributed by atoms with van der Waals surface area (Å²) in [4.78, 5) is 40.3. The molecular weight excluding hydrogens is 452 g/mol. The molecule has 0 aliphatic heterocycles. The number of para-hydroxylation sites is 1. The van der Waals surface area contributed by atoms with E-state index in [9.17, 15) is 14.4 Å². The highest BCUT2D eigenvalue weighted by atomic mass is 35.5. The van der Waals surface area contributed by atoms with Crippen molar-refractivity contribution >= 4 is 35.0 Å². The average Bonchev–Trinajstić information content (AvgIpc) is 3.15. The summed E-state index contributed by atoms with van der Waals surface area (Å²) >= 11 is 7.24. The van der Waals surface area contributed by atoms with Crippen molar-refractivity contribution in [3.63, 3.8) is 0 Å². The minimum Gasteiger partial charge on any atom is -0.325 e. The first-order chi connectivity index (χ1) is 15.5. The third-order valence-corrected chi connectivity index (χ3v) is 5.52. The number of benzene rings is 2. The van der Waals surface area contributed by atoms with Crippen LogP contribution in [0, 0.1) is 0 Å². The number of nitrogens with zero attached hydrogens (tertiary/aromatic N) is 3. The van der Waals surface area contributed by atoms with E-state index in [0.29, 0.717) is 27.4 Å². The molecule has 32 heavy (non-hydrogen) atoms. The summed E-state index contributed by atoms with van der Waals surface area (Å²) in [6.45, 7) is 0. The van der Waals surface area contributed by atoms with Crippen LogP contribution in [0.4, 0.5) is 5.69 Å². The second-order valence-corrected chi connectivity index (χ2v) is 8.08. The highest BCUT2D eigenvalue weighted by Crippen LogP contribution is 2.24. The van der Waals surface area contributed by atoms with Gasteiger partial charge in [-0.3, -0.25) is 19.1 Å². The summed E-state index contributed by atoms with van der Waals surface area (Å²) in [5, 5.41) is 12.3. The molecule has 2 aromatic heterocycles.